The third-order valence-electron chi connectivity index (χ3n) is 5.50. The molecule has 0 spiro atoms. The van der Waals surface area contributed by atoms with Gasteiger partial charge in [-0.25, -0.2) is 17.7 Å². The van der Waals surface area contributed by atoms with Gasteiger partial charge in [0.2, 0.25) is 5.91 Å². The average Bonchev–Trinajstić information content (AvgIpc) is 3.21. The monoisotopic (exact) mass is 431 g/mol. The minimum atomic E-state index is -3.90. The molecule has 0 saturated heterocycles. The van der Waals surface area contributed by atoms with E-state index < -0.39 is 15.9 Å². The van der Waals surface area contributed by atoms with Gasteiger partial charge < -0.3 is 9.32 Å². The first-order chi connectivity index (χ1) is 14.3. The summed E-state index contributed by atoms with van der Waals surface area (Å²) in [5, 5.41) is 0. The minimum absolute atomic E-state index is 0.00147. The molecule has 8 nitrogen and oxygen atoms in total. The molecule has 0 fully saturated rings. The number of carbonyl (C=O) groups is 2. The molecule has 0 radical (unpaired) electrons. The molecule has 30 heavy (non-hydrogen) atoms. The number of amides is 2. The molecule has 2 aromatic rings. The number of rotatable bonds is 6. The molecule has 0 N–H and O–H groups in total. The molecule has 4 rings (SSSR count). The van der Waals surface area contributed by atoms with Crippen LogP contribution in [0.2, 0.25) is 0 Å². The summed E-state index contributed by atoms with van der Waals surface area (Å²) < 4.78 is 31.9. The van der Waals surface area contributed by atoms with E-state index in [4.69, 9.17) is 4.42 Å². The number of aromatic nitrogens is 1. The predicted octanol–water partition coefficient (Wildman–Crippen LogP) is 2.38. The van der Waals surface area contributed by atoms with Gasteiger partial charge in [-0.2, -0.15) is 0 Å². The van der Waals surface area contributed by atoms with Gasteiger partial charge in [0.15, 0.2) is 5.89 Å². The Hall–Kier alpha value is -2.68. The second-order valence-corrected chi connectivity index (χ2v) is 9.93. The number of nitrogens with zero attached hydrogens (tertiary/aromatic N) is 3. The molecule has 0 aliphatic carbocycles. The maximum Gasteiger partial charge on any atom is 0.269 e. The van der Waals surface area contributed by atoms with Gasteiger partial charge in [-0.15, -0.1) is 0 Å². The first kappa shape index (κ1) is 20.6. The summed E-state index contributed by atoms with van der Waals surface area (Å²) in [7, 11) is -3.90. The highest BCUT2D eigenvalue weighted by Gasteiger charge is 2.41. The van der Waals surface area contributed by atoms with Crippen LogP contribution in [0.4, 0.5) is 0 Å². The quantitative estimate of drug-likeness (QED) is 0.696. The molecule has 2 amide bonds. The van der Waals surface area contributed by atoms with Crippen molar-refractivity contribution in [1.82, 2.24) is 14.2 Å². The molecular formula is C21H25N3O5S. The number of aryl methyl sites for hydroxylation is 1. The van der Waals surface area contributed by atoms with E-state index >= 15 is 0 Å². The van der Waals surface area contributed by atoms with Crippen molar-refractivity contribution in [2.45, 2.75) is 51.0 Å². The van der Waals surface area contributed by atoms with Crippen molar-refractivity contribution in [3.05, 3.63) is 47.2 Å². The number of oxazole rings is 1. The van der Waals surface area contributed by atoms with Crippen LogP contribution < -0.4 is 0 Å². The van der Waals surface area contributed by atoms with Gasteiger partial charge in [0, 0.05) is 32.4 Å². The van der Waals surface area contributed by atoms with Gasteiger partial charge in [0.1, 0.15) is 16.3 Å². The second kappa shape index (κ2) is 7.86. The molecule has 9 heteroatoms. The third-order valence-corrected chi connectivity index (χ3v) is 7.34. The maximum absolute atomic E-state index is 12.7. The Morgan fingerprint density at radius 2 is 2.03 bits per heavy atom. The second-order valence-electron chi connectivity index (χ2n) is 8.10. The van der Waals surface area contributed by atoms with Crippen molar-refractivity contribution >= 4 is 21.8 Å². The van der Waals surface area contributed by atoms with E-state index in [1.54, 1.807) is 17.0 Å². The summed E-state index contributed by atoms with van der Waals surface area (Å²) in [5.74, 6) is 1.31. The molecule has 2 aliphatic heterocycles. The summed E-state index contributed by atoms with van der Waals surface area (Å²) in [6.07, 6.45) is 2.28. The Bertz CT molecular complexity index is 1090. The number of fused-ring (bicyclic) bond motifs is 2. The summed E-state index contributed by atoms with van der Waals surface area (Å²) in [4.78, 5) is 31.4. The summed E-state index contributed by atoms with van der Waals surface area (Å²) in [5.41, 5.74) is 0.926. The molecule has 0 unspecified atom stereocenters. The number of carbonyl (C=O) groups excluding carboxylic acids is 2. The Kier molecular flexibility index (Phi) is 5.40. The first-order valence-electron chi connectivity index (χ1n) is 10.2. The fraction of sp³-hybridized carbons (Fsp3) is 0.476. The van der Waals surface area contributed by atoms with Gasteiger partial charge in [0.05, 0.1) is 12.1 Å². The van der Waals surface area contributed by atoms with Gasteiger partial charge in [-0.05, 0) is 24.5 Å². The SMILES string of the molecule is CC(C)CCc1nc2c(o1)CCN(C(=O)CCN1C(=O)c3ccccc3S1(=O)=O)C2. The number of sulfonamides is 1. The first-order valence-corrected chi connectivity index (χ1v) is 11.6. The zero-order valence-corrected chi connectivity index (χ0v) is 17.9. The van der Waals surface area contributed by atoms with E-state index in [9.17, 15) is 18.0 Å². The van der Waals surface area contributed by atoms with Crippen LogP contribution in [0.25, 0.3) is 0 Å². The standard InChI is InChI=1S/C21H25N3O5S/c1-14(2)7-8-19-22-16-13-23(11-9-17(16)29-19)20(25)10-12-24-21(26)15-5-3-4-6-18(15)30(24,27)28/h3-6,14H,7-13H2,1-2H3. The van der Waals surface area contributed by atoms with Crippen LogP contribution in [-0.4, -0.2) is 47.5 Å². The summed E-state index contributed by atoms with van der Waals surface area (Å²) in [6, 6.07) is 6.11. The van der Waals surface area contributed by atoms with E-state index in [-0.39, 0.29) is 29.3 Å². The molecule has 2 aliphatic rings. The lowest BCUT2D eigenvalue weighted by atomic mass is 10.1. The van der Waals surface area contributed by atoms with Gasteiger partial charge >= 0.3 is 0 Å². The largest absolute Gasteiger partial charge is 0.445 e. The topological polar surface area (TPSA) is 101 Å². The molecule has 0 bridgehead atoms. The van der Waals surface area contributed by atoms with Crippen LogP contribution in [0, 0.1) is 5.92 Å². The van der Waals surface area contributed by atoms with Crippen LogP contribution in [0.5, 0.6) is 0 Å². The van der Waals surface area contributed by atoms with Crippen molar-refractivity contribution in [3.63, 3.8) is 0 Å². The van der Waals surface area contributed by atoms with E-state index in [0.29, 0.717) is 31.3 Å². The predicted molar refractivity (Wildman–Crippen MR) is 108 cm³/mol. The zero-order valence-electron chi connectivity index (χ0n) is 17.1. The highest BCUT2D eigenvalue weighted by molar-refractivity contribution is 7.90. The average molecular weight is 432 g/mol. The molecule has 0 saturated carbocycles. The number of hydrogen-bond donors (Lipinski definition) is 0. The fourth-order valence-electron chi connectivity index (χ4n) is 3.79. The van der Waals surface area contributed by atoms with E-state index in [2.05, 4.69) is 18.8 Å². The lowest BCUT2D eigenvalue weighted by Gasteiger charge is -2.26. The van der Waals surface area contributed by atoms with Crippen LogP contribution in [0.1, 0.15) is 54.4 Å². The van der Waals surface area contributed by atoms with Gasteiger partial charge in [-0.1, -0.05) is 26.0 Å². The lowest BCUT2D eigenvalue weighted by Crippen LogP contribution is -2.39. The molecule has 1 aromatic heterocycles. The number of benzene rings is 1. The van der Waals surface area contributed by atoms with E-state index in [0.717, 1.165) is 28.6 Å². The summed E-state index contributed by atoms with van der Waals surface area (Å²) >= 11 is 0. The van der Waals surface area contributed by atoms with Crippen LogP contribution in [0.3, 0.4) is 0 Å². The van der Waals surface area contributed by atoms with Crippen LogP contribution in [0.15, 0.2) is 33.6 Å². The zero-order chi connectivity index (χ0) is 21.5. The van der Waals surface area contributed by atoms with E-state index in [1.165, 1.54) is 12.1 Å². The Morgan fingerprint density at radius 1 is 1.27 bits per heavy atom. The van der Waals surface area contributed by atoms with Gasteiger partial charge in [-0.3, -0.25) is 9.59 Å². The lowest BCUT2D eigenvalue weighted by molar-refractivity contribution is -0.132. The van der Waals surface area contributed by atoms with Crippen molar-refractivity contribution < 1.29 is 22.4 Å². The smallest absolute Gasteiger partial charge is 0.269 e. The molecule has 3 heterocycles. The summed E-state index contributed by atoms with van der Waals surface area (Å²) in [6.45, 7) is 4.96. The highest BCUT2D eigenvalue weighted by Crippen LogP contribution is 2.30. The van der Waals surface area contributed by atoms with Crippen LogP contribution in [-0.2, 0) is 34.2 Å². The van der Waals surface area contributed by atoms with Crippen molar-refractivity contribution in [3.8, 4) is 0 Å². The maximum atomic E-state index is 12.7. The minimum Gasteiger partial charge on any atom is -0.445 e. The van der Waals surface area contributed by atoms with Gasteiger partial charge in [0.25, 0.3) is 15.9 Å². The Labute approximate surface area is 175 Å². The van der Waals surface area contributed by atoms with Crippen molar-refractivity contribution in [2.24, 2.45) is 5.92 Å². The van der Waals surface area contributed by atoms with Crippen LogP contribution >= 0.6 is 0 Å². The molecule has 0 atom stereocenters. The highest BCUT2D eigenvalue weighted by atomic mass is 32.2. The Balaban J connectivity index is 1.38. The number of hydrogen-bond acceptors (Lipinski definition) is 6. The normalized spacial score (nSPS) is 17.4. The molecule has 1 aromatic carbocycles. The molecule has 160 valence electrons. The van der Waals surface area contributed by atoms with Crippen molar-refractivity contribution in [1.29, 1.82) is 0 Å². The van der Waals surface area contributed by atoms with Crippen molar-refractivity contribution in [2.75, 3.05) is 13.1 Å². The fourth-order valence-corrected chi connectivity index (χ4v) is 5.36. The Morgan fingerprint density at radius 3 is 2.77 bits per heavy atom. The molecular weight excluding hydrogens is 406 g/mol. The van der Waals surface area contributed by atoms with E-state index in [1.807, 2.05) is 0 Å². The third kappa shape index (κ3) is 3.74.